The molecule has 0 aliphatic carbocycles. The van der Waals surface area contributed by atoms with Crippen molar-refractivity contribution in [2.75, 3.05) is 38.1 Å². The predicted octanol–water partition coefficient (Wildman–Crippen LogP) is 5.49. The predicted molar refractivity (Wildman–Crippen MR) is 138 cm³/mol. The van der Waals surface area contributed by atoms with Crippen LogP contribution in [0, 0.1) is 5.82 Å². The van der Waals surface area contributed by atoms with Crippen molar-refractivity contribution in [1.29, 1.82) is 0 Å². The first-order valence-corrected chi connectivity index (χ1v) is 12.2. The van der Waals surface area contributed by atoms with Gasteiger partial charge in [-0.1, -0.05) is 19.1 Å². The summed E-state index contributed by atoms with van der Waals surface area (Å²) in [7, 11) is 2.18. The standard InChI is InChI=1S/C29H29FN4/c1-3-19-4-7-24(25(30)14-19)29-18-21-15-20(5-8-26(21)32-29)28-17-22-16-23(6-9-27(22)31-28)34-12-10-33(2)11-13-34/h4-9,14-16H,3,10-13,17-18H2,1-2H3. The molecule has 0 unspecified atom stereocenters. The van der Waals surface area contributed by atoms with E-state index in [1.807, 2.05) is 19.1 Å². The van der Waals surface area contributed by atoms with Gasteiger partial charge in [0.25, 0.3) is 0 Å². The van der Waals surface area contributed by atoms with Crippen molar-refractivity contribution < 1.29 is 4.39 Å². The Balaban J connectivity index is 1.20. The second-order valence-corrected chi connectivity index (χ2v) is 9.59. The van der Waals surface area contributed by atoms with Crippen LogP contribution in [-0.2, 0) is 19.3 Å². The van der Waals surface area contributed by atoms with Crippen LogP contribution in [-0.4, -0.2) is 49.5 Å². The van der Waals surface area contributed by atoms with E-state index in [1.54, 1.807) is 6.07 Å². The average molecular weight is 453 g/mol. The Kier molecular flexibility index (Phi) is 5.30. The van der Waals surface area contributed by atoms with E-state index in [0.29, 0.717) is 12.0 Å². The normalized spacial score (nSPS) is 17.4. The maximum Gasteiger partial charge on any atom is 0.132 e. The van der Waals surface area contributed by atoms with Crippen LogP contribution in [0.25, 0.3) is 0 Å². The molecule has 3 aromatic rings. The first-order valence-electron chi connectivity index (χ1n) is 12.2. The summed E-state index contributed by atoms with van der Waals surface area (Å²) in [6.07, 6.45) is 2.32. The summed E-state index contributed by atoms with van der Waals surface area (Å²) < 4.78 is 14.7. The molecule has 3 aromatic carbocycles. The van der Waals surface area contributed by atoms with E-state index in [2.05, 4.69) is 53.2 Å². The van der Waals surface area contributed by atoms with Crippen molar-refractivity contribution >= 4 is 28.5 Å². The molecule has 3 heterocycles. The number of rotatable bonds is 4. The molecule has 5 heteroatoms. The van der Waals surface area contributed by atoms with Crippen LogP contribution in [0.5, 0.6) is 0 Å². The number of hydrogen-bond acceptors (Lipinski definition) is 4. The summed E-state index contributed by atoms with van der Waals surface area (Å²) >= 11 is 0. The lowest BCUT2D eigenvalue weighted by atomic mass is 9.98. The topological polar surface area (TPSA) is 31.2 Å². The summed E-state index contributed by atoms with van der Waals surface area (Å²) in [5, 5.41) is 0. The average Bonchev–Trinajstić information content (AvgIpc) is 3.47. The Hall–Kier alpha value is -3.31. The fraction of sp³-hybridized carbons (Fsp3) is 0.310. The Morgan fingerprint density at radius 2 is 1.50 bits per heavy atom. The molecule has 0 radical (unpaired) electrons. The molecule has 4 nitrogen and oxygen atoms in total. The molecule has 0 bridgehead atoms. The zero-order valence-electron chi connectivity index (χ0n) is 19.8. The highest BCUT2D eigenvalue weighted by molar-refractivity contribution is 6.09. The van der Waals surface area contributed by atoms with Crippen LogP contribution in [0.15, 0.2) is 64.6 Å². The lowest BCUT2D eigenvalue weighted by Gasteiger charge is -2.34. The van der Waals surface area contributed by atoms with E-state index in [-0.39, 0.29) is 5.82 Å². The van der Waals surface area contributed by atoms with Crippen molar-refractivity contribution in [1.82, 2.24) is 4.90 Å². The molecule has 172 valence electrons. The first kappa shape index (κ1) is 21.2. The number of fused-ring (bicyclic) bond motifs is 2. The Morgan fingerprint density at radius 1 is 0.794 bits per heavy atom. The van der Waals surface area contributed by atoms with E-state index in [9.17, 15) is 4.39 Å². The largest absolute Gasteiger partial charge is 0.369 e. The van der Waals surface area contributed by atoms with Gasteiger partial charge in [-0.2, -0.15) is 0 Å². The molecule has 3 aliphatic rings. The van der Waals surface area contributed by atoms with Gasteiger partial charge < -0.3 is 9.80 Å². The second kappa shape index (κ2) is 8.48. The lowest BCUT2D eigenvalue weighted by Crippen LogP contribution is -2.44. The molecular formula is C29H29FN4. The minimum atomic E-state index is -0.182. The number of halogens is 1. The highest BCUT2D eigenvalue weighted by Crippen LogP contribution is 2.35. The van der Waals surface area contributed by atoms with Gasteiger partial charge in [-0.05, 0) is 78.2 Å². The van der Waals surface area contributed by atoms with Gasteiger partial charge in [0, 0.05) is 50.3 Å². The molecular weight excluding hydrogens is 423 g/mol. The monoisotopic (exact) mass is 452 g/mol. The van der Waals surface area contributed by atoms with E-state index >= 15 is 0 Å². The van der Waals surface area contributed by atoms with Crippen LogP contribution in [0.2, 0.25) is 0 Å². The van der Waals surface area contributed by atoms with Gasteiger partial charge in [-0.25, -0.2) is 4.39 Å². The van der Waals surface area contributed by atoms with Crippen molar-refractivity contribution in [3.8, 4) is 0 Å². The van der Waals surface area contributed by atoms with Crippen molar-refractivity contribution in [3.63, 3.8) is 0 Å². The zero-order valence-corrected chi connectivity index (χ0v) is 19.8. The zero-order chi connectivity index (χ0) is 23.2. The molecule has 1 saturated heterocycles. The smallest absolute Gasteiger partial charge is 0.132 e. The van der Waals surface area contributed by atoms with Gasteiger partial charge >= 0.3 is 0 Å². The van der Waals surface area contributed by atoms with Gasteiger partial charge in [0.05, 0.1) is 22.8 Å². The maximum absolute atomic E-state index is 14.7. The number of hydrogen-bond donors (Lipinski definition) is 0. The number of anilines is 1. The van der Waals surface area contributed by atoms with Gasteiger partial charge in [0.15, 0.2) is 0 Å². The number of nitrogens with zero attached hydrogens (tertiary/aromatic N) is 4. The molecule has 3 aliphatic heterocycles. The number of aryl methyl sites for hydroxylation is 1. The van der Waals surface area contributed by atoms with Gasteiger partial charge in [0.1, 0.15) is 5.82 Å². The minimum absolute atomic E-state index is 0.182. The quantitative estimate of drug-likeness (QED) is 0.524. The molecule has 0 spiro atoms. The maximum atomic E-state index is 14.7. The number of piperazine rings is 1. The SMILES string of the molecule is CCc1ccc(C2=Nc3ccc(C4=Nc5ccc(N6CCN(C)CC6)cc5C4)cc3C2)c(F)c1. The Morgan fingerprint density at radius 3 is 2.26 bits per heavy atom. The van der Waals surface area contributed by atoms with Crippen LogP contribution >= 0.6 is 0 Å². The van der Waals surface area contributed by atoms with Crippen molar-refractivity contribution in [3.05, 3.63) is 88.2 Å². The third kappa shape index (κ3) is 3.84. The third-order valence-electron chi connectivity index (χ3n) is 7.32. The molecule has 6 rings (SSSR count). The molecule has 0 aromatic heterocycles. The van der Waals surface area contributed by atoms with Crippen LogP contribution in [0.4, 0.5) is 21.5 Å². The highest BCUT2D eigenvalue weighted by Gasteiger charge is 2.23. The minimum Gasteiger partial charge on any atom is -0.369 e. The second-order valence-electron chi connectivity index (χ2n) is 9.59. The molecule has 0 saturated carbocycles. The number of benzene rings is 3. The van der Waals surface area contributed by atoms with Gasteiger partial charge in [-0.15, -0.1) is 0 Å². The number of aliphatic imine (C=N–C) groups is 2. The van der Waals surface area contributed by atoms with Gasteiger partial charge in [-0.3, -0.25) is 9.98 Å². The summed E-state index contributed by atoms with van der Waals surface area (Å²) in [5.74, 6) is -0.182. The molecule has 0 amide bonds. The summed E-state index contributed by atoms with van der Waals surface area (Å²) in [6.45, 7) is 6.38. The van der Waals surface area contributed by atoms with Crippen LogP contribution < -0.4 is 4.90 Å². The van der Waals surface area contributed by atoms with E-state index in [0.717, 1.165) is 78.5 Å². The van der Waals surface area contributed by atoms with Crippen LogP contribution in [0.1, 0.15) is 34.7 Å². The third-order valence-corrected chi connectivity index (χ3v) is 7.32. The summed E-state index contributed by atoms with van der Waals surface area (Å²) in [5.41, 5.74) is 10.4. The fourth-order valence-electron chi connectivity index (χ4n) is 5.16. The van der Waals surface area contributed by atoms with Crippen LogP contribution in [0.3, 0.4) is 0 Å². The molecule has 34 heavy (non-hydrogen) atoms. The van der Waals surface area contributed by atoms with E-state index < -0.39 is 0 Å². The van der Waals surface area contributed by atoms with Crippen molar-refractivity contribution in [2.45, 2.75) is 26.2 Å². The lowest BCUT2D eigenvalue weighted by molar-refractivity contribution is 0.313. The highest BCUT2D eigenvalue weighted by atomic mass is 19.1. The van der Waals surface area contributed by atoms with Crippen molar-refractivity contribution in [2.24, 2.45) is 9.98 Å². The summed E-state index contributed by atoms with van der Waals surface area (Å²) in [4.78, 5) is 14.5. The first-order chi connectivity index (χ1) is 16.6. The van der Waals surface area contributed by atoms with E-state index in [4.69, 9.17) is 9.98 Å². The Bertz CT molecular complexity index is 1330. The Labute approximate surface area is 200 Å². The molecule has 1 fully saturated rings. The molecule has 0 N–H and O–H groups in total. The molecule has 0 atom stereocenters. The van der Waals surface area contributed by atoms with E-state index in [1.165, 1.54) is 11.3 Å². The summed E-state index contributed by atoms with van der Waals surface area (Å²) in [6, 6.07) is 18.5. The fourth-order valence-corrected chi connectivity index (χ4v) is 5.16. The van der Waals surface area contributed by atoms with Gasteiger partial charge in [0.2, 0.25) is 0 Å². The number of likely N-dealkylation sites (N-methyl/N-ethyl adjacent to an activating group) is 1.